The van der Waals surface area contributed by atoms with Gasteiger partial charge in [0.1, 0.15) is 12.2 Å². The van der Waals surface area contributed by atoms with Crippen LogP contribution in [0, 0.1) is 5.92 Å². The minimum atomic E-state index is -2.98. The van der Waals surface area contributed by atoms with E-state index in [9.17, 15) is 8.78 Å². The van der Waals surface area contributed by atoms with Crippen LogP contribution >= 0.6 is 22.9 Å². The Morgan fingerprint density at radius 3 is 2.88 bits per heavy atom. The molecule has 1 spiro atoms. The van der Waals surface area contributed by atoms with Crippen molar-refractivity contribution in [3.05, 3.63) is 44.7 Å². The largest absolute Gasteiger partial charge is 0.363 e. The number of ether oxygens (including phenoxy) is 1. The molecule has 3 aliphatic rings. The van der Waals surface area contributed by atoms with Crippen LogP contribution in [-0.2, 0) is 22.8 Å². The molecule has 0 aliphatic carbocycles. The van der Waals surface area contributed by atoms with Crippen LogP contribution in [0.25, 0.3) is 0 Å². The molecule has 3 aliphatic heterocycles. The lowest BCUT2D eigenvalue weighted by Crippen LogP contribution is -2.50. The molecule has 172 valence electrons. The predicted molar refractivity (Wildman–Crippen MR) is 123 cm³/mol. The van der Waals surface area contributed by atoms with Gasteiger partial charge in [0.05, 0.1) is 10.9 Å². The Bertz CT molecular complexity index is 1040. The van der Waals surface area contributed by atoms with E-state index in [1.165, 1.54) is 17.4 Å². The van der Waals surface area contributed by atoms with E-state index in [4.69, 9.17) is 27.2 Å². The van der Waals surface area contributed by atoms with Gasteiger partial charge in [0, 0.05) is 60.0 Å². The van der Waals surface area contributed by atoms with Crippen LogP contribution in [0.5, 0.6) is 0 Å². The Kier molecular flexibility index (Phi) is 5.74. The number of piperidine rings is 1. The van der Waals surface area contributed by atoms with Crippen LogP contribution in [0.2, 0.25) is 4.34 Å². The van der Waals surface area contributed by atoms with E-state index in [-0.39, 0.29) is 11.5 Å². The third-order valence-corrected chi connectivity index (χ3v) is 8.23. The Balaban J connectivity index is 1.25. The number of thiophene rings is 1. The molecule has 0 aromatic carbocycles. The maximum Gasteiger partial charge on any atom is 0.297 e. The zero-order chi connectivity index (χ0) is 22.5. The van der Waals surface area contributed by atoms with Gasteiger partial charge in [-0.25, -0.2) is 9.99 Å². The van der Waals surface area contributed by atoms with Crippen molar-refractivity contribution in [3.63, 3.8) is 0 Å². The molecule has 1 saturated heterocycles. The average Bonchev–Trinajstić information content (AvgIpc) is 3.37. The van der Waals surface area contributed by atoms with Crippen molar-refractivity contribution in [1.29, 1.82) is 0 Å². The van der Waals surface area contributed by atoms with Gasteiger partial charge in [-0.05, 0) is 31.9 Å². The molecule has 1 fully saturated rings. The minimum absolute atomic E-state index is 0.0488. The zero-order valence-corrected chi connectivity index (χ0v) is 19.4. The number of hydrogen-bond acceptors (Lipinski definition) is 7. The van der Waals surface area contributed by atoms with Gasteiger partial charge in [0.2, 0.25) is 0 Å². The summed E-state index contributed by atoms with van der Waals surface area (Å²) in [4.78, 5) is 7.46. The minimum Gasteiger partial charge on any atom is -0.363 e. The van der Waals surface area contributed by atoms with Crippen molar-refractivity contribution in [2.75, 3.05) is 37.8 Å². The summed E-state index contributed by atoms with van der Waals surface area (Å²) < 4.78 is 34.9. The second-order valence-corrected chi connectivity index (χ2v) is 10.5. The standard InChI is InChI=1S/C22H26ClF2N5OS/c1-14-16(12-30(28-14)20-15(10-26)3-2-6-27-20)11-29-7-4-21(5-8-29)19-17(9-18(23)32-19)22(24,25)13-31-21/h2-3,6,9,16H,4-5,7-8,10-13,26H2,1H3. The highest BCUT2D eigenvalue weighted by Crippen LogP contribution is 2.52. The highest BCUT2D eigenvalue weighted by Gasteiger charge is 2.51. The number of halogens is 3. The predicted octanol–water partition coefficient (Wildman–Crippen LogP) is 4.18. The Morgan fingerprint density at radius 1 is 1.34 bits per heavy atom. The van der Waals surface area contributed by atoms with E-state index in [1.807, 2.05) is 24.1 Å². The summed E-state index contributed by atoms with van der Waals surface area (Å²) in [5.41, 5.74) is 7.31. The molecule has 0 radical (unpaired) electrons. The maximum atomic E-state index is 14.4. The molecule has 1 unspecified atom stereocenters. The topological polar surface area (TPSA) is 67.0 Å². The average molecular weight is 482 g/mol. The third kappa shape index (κ3) is 3.84. The lowest BCUT2D eigenvalue weighted by molar-refractivity contribution is -0.181. The number of nitrogens with two attached hydrogens (primary N) is 1. The summed E-state index contributed by atoms with van der Waals surface area (Å²) in [6.45, 7) is 5.06. The van der Waals surface area contributed by atoms with Crippen molar-refractivity contribution >= 4 is 34.5 Å². The van der Waals surface area contributed by atoms with Gasteiger partial charge in [0.25, 0.3) is 5.92 Å². The molecular formula is C22H26ClF2N5OS. The van der Waals surface area contributed by atoms with Crippen LogP contribution in [0.1, 0.15) is 35.8 Å². The van der Waals surface area contributed by atoms with Gasteiger partial charge >= 0.3 is 0 Å². The van der Waals surface area contributed by atoms with Crippen LogP contribution < -0.4 is 10.7 Å². The lowest BCUT2D eigenvalue weighted by Gasteiger charge is -2.45. The normalized spacial score (nSPS) is 24.6. The van der Waals surface area contributed by atoms with Gasteiger partial charge in [-0.15, -0.1) is 11.3 Å². The number of hydrazone groups is 1. The molecule has 2 N–H and O–H groups in total. The number of aromatic nitrogens is 1. The number of nitrogens with zero attached hydrogens (tertiary/aromatic N) is 4. The molecule has 0 amide bonds. The fraction of sp³-hybridized carbons (Fsp3) is 0.545. The molecule has 6 nitrogen and oxygen atoms in total. The van der Waals surface area contributed by atoms with Gasteiger partial charge in [-0.3, -0.25) is 0 Å². The zero-order valence-electron chi connectivity index (χ0n) is 17.9. The summed E-state index contributed by atoms with van der Waals surface area (Å²) in [6, 6.07) is 5.27. The number of pyridine rings is 1. The molecule has 10 heteroatoms. The molecule has 0 bridgehead atoms. The van der Waals surface area contributed by atoms with Crippen molar-refractivity contribution in [2.45, 2.75) is 37.8 Å². The first-order valence-corrected chi connectivity index (χ1v) is 12.0. The Morgan fingerprint density at radius 2 is 2.12 bits per heavy atom. The van der Waals surface area contributed by atoms with E-state index < -0.39 is 18.1 Å². The first kappa shape index (κ1) is 22.2. The van der Waals surface area contributed by atoms with Crippen LogP contribution in [0.3, 0.4) is 0 Å². The molecular weight excluding hydrogens is 456 g/mol. The molecule has 0 saturated carbocycles. The molecule has 1 atom stereocenters. The van der Waals surface area contributed by atoms with E-state index in [1.54, 1.807) is 6.20 Å². The van der Waals surface area contributed by atoms with Crippen LogP contribution in [-0.4, -0.2) is 48.4 Å². The molecule has 32 heavy (non-hydrogen) atoms. The molecule has 5 heterocycles. The number of alkyl halides is 2. The maximum absolute atomic E-state index is 14.4. The number of likely N-dealkylation sites (tertiary alicyclic amines) is 1. The van der Waals surface area contributed by atoms with E-state index >= 15 is 0 Å². The van der Waals surface area contributed by atoms with Crippen LogP contribution in [0.4, 0.5) is 14.6 Å². The van der Waals surface area contributed by atoms with Gasteiger partial charge in [0.15, 0.2) is 5.82 Å². The SMILES string of the molecule is CC1=NN(c2ncccc2CN)CC1CN1CCC2(CC1)OCC(F)(F)c1cc(Cl)sc12. The highest BCUT2D eigenvalue weighted by atomic mass is 35.5. The first-order valence-electron chi connectivity index (χ1n) is 10.8. The molecule has 2 aromatic rings. The van der Waals surface area contributed by atoms with Gasteiger partial charge < -0.3 is 15.4 Å². The van der Waals surface area contributed by atoms with Crippen molar-refractivity contribution in [3.8, 4) is 0 Å². The highest BCUT2D eigenvalue weighted by molar-refractivity contribution is 7.16. The van der Waals surface area contributed by atoms with E-state index in [0.29, 0.717) is 28.6 Å². The fourth-order valence-electron chi connectivity index (χ4n) is 4.92. The number of hydrogen-bond donors (Lipinski definition) is 1. The molecule has 5 rings (SSSR count). The Labute approximate surface area is 195 Å². The number of fused-ring (bicyclic) bond motifs is 2. The summed E-state index contributed by atoms with van der Waals surface area (Å²) in [6.07, 6.45) is 3.11. The van der Waals surface area contributed by atoms with Crippen LogP contribution in [0.15, 0.2) is 29.5 Å². The monoisotopic (exact) mass is 481 g/mol. The lowest BCUT2D eigenvalue weighted by atomic mass is 9.84. The Hall–Kier alpha value is -1.65. The van der Waals surface area contributed by atoms with Gasteiger partial charge in [-0.2, -0.15) is 13.9 Å². The van der Waals surface area contributed by atoms with Crippen molar-refractivity contribution < 1.29 is 13.5 Å². The van der Waals surface area contributed by atoms with E-state index in [0.717, 1.165) is 43.3 Å². The smallest absolute Gasteiger partial charge is 0.297 e. The fourth-order valence-corrected chi connectivity index (χ4v) is 6.40. The molecule has 2 aromatic heterocycles. The first-order chi connectivity index (χ1) is 15.3. The number of anilines is 1. The van der Waals surface area contributed by atoms with Gasteiger partial charge in [-0.1, -0.05) is 17.7 Å². The second kappa shape index (κ2) is 8.29. The quantitative estimate of drug-likeness (QED) is 0.709. The summed E-state index contributed by atoms with van der Waals surface area (Å²) in [5, 5.41) is 6.67. The third-order valence-electron chi connectivity index (χ3n) is 6.78. The van der Waals surface area contributed by atoms with Crippen molar-refractivity contribution in [2.24, 2.45) is 16.8 Å². The second-order valence-electron chi connectivity index (χ2n) is 8.79. The summed E-state index contributed by atoms with van der Waals surface area (Å²) >= 11 is 7.35. The van der Waals surface area contributed by atoms with Crippen molar-refractivity contribution in [1.82, 2.24) is 9.88 Å². The summed E-state index contributed by atoms with van der Waals surface area (Å²) in [7, 11) is 0. The number of rotatable bonds is 4. The van der Waals surface area contributed by atoms with E-state index in [2.05, 4.69) is 9.88 Å². The summed E-state index contributed by atoms with van der Waals surface area (Å²) in [5.74, 6) is -1.89.